The maximum Gasteiger partial charge on any atom is 0.164 e. The molecule has 0 saturated heterocycles. The largest absolute Gasteiger partial charge is 0.505 e. The Kier molecular flexibility index (Phi) is 4.67. The summed E-state index contributed by atoms with van der Waals surface area (Å²) < 4.78 is 12.8. The quantitative estimate of drug-likeness (QED) is 0.594. The van der Waals surface area contributed by atoms with Gasteiger partial charge in [-0.2, -0.15) is 0 Å². The average molecular weight is 229 g/mol. The van der Waals surface area contributed by atoms with Crippen molar-refractivity contribution >= 4 is 0 Å². The maximum absolute atomic E-state index is 12.8. The maximum atomic E-state index is 12.8. The highest BCUT2D eigenvalue weighted by atomic mass is 19.1. The van der Waals surface area contributed by atoms with Crippen molar-refractivity contribution in [1.82, 2.24) is 5.32 Å². The number of halogens is 1. The molecular weight excluding hydrogens is 213 g/mol. The summed E-state index contributed by atoms with van der Waals surface area (Å²) >= 11 is 0. The third kappa shape index (κ3) is 3.16. The Morgan fingerprint density at radius 1 is 1.38 bits per heavy atom. The molecule has 90 valence electrons. The van der Waals surface area contributed by atoms with E-state index >= 15 is 0 Å². The van der Waals surface area contributed by atoms with Crippen LogP contribution in [-0.4, -0.2) is 35.0 Å². The third-order valence-corrected chi connectivity index (χ3v) is 2.37. The van der Waals surface area contributed by atoms with E-state index in [1.807, 2.05) is 0 Å². The number of aromatic hydroxyl groups is 1. The van der Waals surface area contributed by atoms with Gasteiger partial charge in [-0.1, -0.05) is 6.07 Å². The SMILES string of the molecule is CNCCC(O)C(O)c1ccc(F)c(O)c1. The minimum Gasteiger partial charge on any atom is -0.505 e. The van der Waals surface area contributed by atoms with E-state index in [-0.39, 0.29) is 0 Å². The Balaban J connectivity index is 2.71. The molecule has 0 radical (unpaired) electrons. The Morgan fingerprint density at radius 3 is 2.62 bits per heavy atom. The fourth-order valence-corrected chi connectivity index (χ4v) is 1.39. The lowest BCUT2D eigenvalue weighted by Crippen LogP contribution is -2.23. The molecule has 0 aliphatic rings. The molecular formula is C11H16FNO3. The van der Waals surface area contributed by atoms with Gasteiger partial charge in [0.05, 0.1) is 6.10 Å². The van der Waals surface area contributed by atoms with E-state index in [0.29, 0.717) is 18.5 Å². The Morgan fingerprint density at radius 2 is 2.06 bits per heavy atom. The highest BCUT2D eigenvalue weighted by Gasteiger charge is 2.18. The van der Waals surface area contributed by atoms with E-state index in [4.69, 9.17) is 5.11 Å². The van der Waals surface area contributed by atoms with E-state index in [9.17, 15) is 14.6 Å². The molecule has 0 spiro atoms. The Hall–Kier alpha value is -1.17. The lowest BCUT2D eigenvalue weighted by Gasteiger charge is -2.18. The molecule has 0 fully saturated rings. The molecule has 0 aliphatic heterocycles. The van der Waals surface area contributed by atoms with Crippen molar-refractivity contribution < 1.29 is 19.7 Å². The van der Waals surface area contributed by atoms with Crippen LogP contribution in [-0.2, 0) is 0 Å². The fraction of sp³-hybridized carbons (Fsp3) is 0.455. The first-order valence-corrected chi connectivity index (χ1v) is 5.05. The van der Waals surface area contributed by atoms with Gasteiger partial charge in [0.25, 0.3) is 0 Å². The summed E-state index contributed by atoms with van der Waals surface area (Å²) in [6.45, 7) is 0.561. The average Bonchev–Trinajstić information content (AvgIpc) is 2.28. The van der Waals surface area contributed by atoms with Crippen molar-refractivity contribution in [2.75, 3.05) is 13.6 Å². The van der Waals surface area contributed by atoms with E-state index in [0.717, 1.165) is 12.1 Å². The minimum atomic E-state index is -1.13. The molecule has 0 aromatic heterocycles. The minimum absolute atomic E-state index is 0.294. The second kappa shape index (κ2) is 5.79. The number of phenolic OH excluding ortho intramolecular Hbond substituents is 1. The van der Waals surface area contributed by atoms with Gasteiger partial charge in [0, 0.05) is 0 Å². The van der Waals surface area contributed by atoms with Crippen LogP contribution in [0, 0.1) is 5.82 Å². The number of rotatable bonds is 5. The van der Waals surface area contributed by atoms with Gasteiger partial charge in [0.15, 0.2) is 11.6 Å². The molecule has 16 heavy (non-hydrogen) atoms. The molecule has 4 N–H and O–H groups in total. The van der Waals surface area contributed by atoms with E-state index in [1.54, 1.807) is 7.05 Å². The van der Waals surface area contributed by atoms with Crippen LogP contribution in [0.1, 0.15) is 18.1 Å². The number of aliphatic hydroxyl groups is 2. The highest BCUT2D eigenvalue weighted by molar-refractivity contribution is 5.30. The van der Waals surface area contributed by atoms with Crippen LogP contribution >= 0.6 is 0 Å². The summed E-state index contributed by atoms with van der Waals surface area (Å²) in [5, 5.41) is 31.3. The molecule has 0 aliphatic carbocycles. The van der Waals surface area contributed by atoms with Crippen LogP contribution in [0.4, 0.5) is 4.39 Å². The molecule has 0 saturated carbocycles. The molecule has 0 amide bonds. The van der Waals surface area contributed by atoms with Gasteiger partial charge in [0.1, 0.15) is 6.10 Å². The molecule has 0 heterocycles. The summed E-state index contributed by atoms with van der Waals surface area (Å²) in [7, 11) is 1.74. The zero-order valence-electron chi connectivity index (χ0n) is 9.02. The first-order valence-electron chi connectivity index (χ1n) is 5.05. The molecule has 2 unspecified atom stereocenters. The van der Waals surface area contributed by atoms with Crippen molar-refractivity contribution in [2.45, 2.75) is 18.6 Å². The van der Waals surface area contributed by atoms with Crippen molar-refractivity contribution in [3.63, 3.8) is 0 Å². The van der Waals surface area contributed by atoms with Crippen molar-refractivity contribution in [3.8, 4) is 5.75 Å². The Labute approximate surface area is 93.4 Å². The topological polar surface area (TPSA) is 72.7 Å². The predicted molar refractivity (Wildman–Crippen MR) is 57.6 cm³/mol. The van der Waals surface area contributed by atoms with Crippen LogP contribution in [0.3, 0.4) is 0 Å². The molecule has 4 nitrogen and oxygen atoms in total. The van der Waals surface area contributed by atoms with Gasteiger partial charge < -0.3 is 20.6 Å². The normalized spacial score (nSPS) is 14.8. The van der Waals surface area contributed by atoms with Gasteiger partial charge in [-0.3, -0.25) is 0 Å². The first kappa shape index (κ1) is 12.9. The van der Waals surface area contributed by atoms with Gasteiger partial charge >= 0.3 is 0 Å². The summed E-state index contributed by atoms with van der Waals surface area (Å²) in [6.07, 6.45) is -1.70. The smallest absolute Gasteiger partial charge is 0.164 e. The van der Waals surface area contributed by atoms with Crippen molar-refractivity contribution in [2.24, 2.45) is 0 Å². The number of aliphatic hydroxyl groups excluding tert-OH is 2. The summed E-state index contributed by atoms with van der Waals surface area (Å²) in [5.41, 5.74) is 0.294. The van der Waals surface area contributed by atoms with Gasteiger partial charge in [0.2, 0.25) is 0 Å². The first-order chi connectivity index (χ1) is 7.56. The number of phenols is 1. The molecule has 2 atom stereocenters. The van der Waals surface area contributed by atoms with Gasteiger partial charge in [-0.15, -0.1) is 0 Å². The molecule has 1 aromatic carbocycles. The second-order valence-corrected chi connectivity index (χ2v) is 3.62. The molecule has 5 heteroatoms. The summed E-state index contributed by atoms with van der Waals surface area (Å²) in [4.78, 5) is 0. The van der Waals surface area contributed by atoms with E-state index in [2.05, 4.69) is 5.32 Å². The van der Waals surface area contributed by atoms with Crippen LogP contribution in [0.25, 0.3) is 0 Å². The highest BCUT2D eigenvalue weighted by Crippen LogP contribution is 2.24. The predicted octanol–water partition coefficient (Wildman–Crippen LogP) is 0.535. The molecule has 1 rings (SSSR count). The van der Waals surface area contributed by atoms with Gasteiger partial charge in [-0.25, -0.2) is 4.39 Å². The number of hydrogen-bond donors (Lipinski definition) is 4. The molecule has 1 aromatic rings. The Bertz CT molecular complexity index is 346. The number of benzene rings is 1. The van der Waals surface area contributed by atoms with Crippen LogP contribution in [0.15, 0.2) is 18.2 Å². The van der Waals surface area contributed by atoms with Crippen LogP contribution in [0.5, 0.6) is 5.75 Å². The number of hydrogen-bond acceptors (Lipinski definition) is 4. The number of nitrogens with one attached hydrogen (secondary N) is 1. The lowest BCUT2D eigenvalue weighted by molar-refractivity contribution is 0.0139. The molecule has 0 bridgehead atoms. The third-order valence-electron chi connectivity index (χ3n) is 2.37. The van der Waals surface area contributed by atoms with Crippen LogP contribution in [0.2, 0.25) is 0 Å². The second-order valence-electron chi connectivity index (χ2n) is 3.62. The summed E-state index contributed by atoms with van der Waals surface area (Å²) in [6, 6.07) is 3.50. The lowest BCUT2D eigenvalue weighted by atomic mass is 10.0. The monoisotopic (exact) mass is 229 g/mol. The zero-order chi connectivity index (χ0) is 12.1. The van der Waals surface area contributed by atoms with E-state index in [1.165, 1.54) is 6.07 Å². The van der Waals surface area contributed by atoms with E-state index < -0.39 is 23.8 Å². The van der Waals surface area contributed by atoms with Crippen LogP contribution < -0.4 is 5.32 Å². The summed E-state index contributed by atoms with van der Waals surface area (Å²) in [5.74, 6) is -1.28. The zero-order valence-corrected chi connectivity index (χ0v) is 9.02. The van der Waals surface area contributed by atoms with Crippen molar-refractivity contribution in [3.05, 3.63) is 29.6 Å². The van der Waals surface area contributed by atoms with Gasteiger partial charge in [-0.05, 0) is 37.7 Å². The fourth-order valence-electron chi connectivity index (χ4n) is 1.39. The van der Waals surface area contributed by atoms with Crippen molar-refractivity contribution in [1.29, 1.82) is 0 Å². The standard InChI is InChI=1S/C11H16FNO3/c1-13-5-4-9(14)11(16)7-2-3-8(12)10(15)6-7/h2-3,6,9,11,13-16H,4-5H2,1H3.